The average Bonchev–Trinajstić information content (AvgIpc) is 2.50. The predicted molar refractivity (Wildman–Crippen MR) is 88.1 cm³/mol. The number of hydrogen-bond donors (Lipinski definition) is 1. The minimum Gasteiger partial charge on any atom is -0.431 e. The Bertz CT molecular complexity index is 315. The van der Waals surface area contributed by atoms with E-state index >= 15 is 0 Å². The van der Waals surface area contributed by atoms with Crippen molar-refractivity contribution in [2.45, 2.75) is 12.5 Å². The largest absolute Gasteiger partial charge is 0.500 e. The normalized spacial score (nSPS) is 10.8. The number of benzene rings is 1. The molecule has 5 nitrogen and oxygen atoms in total. The van der Waals surface area contributed by atoms with Gasteiger partial charge >= 0.3 is 8.80 Å². The Morgan fingerprint density at radius 3 is 1.95 bits per heavy atom. The van der Waals surface area contributed by atoms with Crippen molar-refractivity contribution in [1.29, 1.82) is 0 Å². The number of hydrogen-bond acceptors (Lipinski definition) is 5. The van der Waals surface area contributed by atoms with Crippen molar-refractivity contribution in [1.82, 2.24) is 0 Å². The van der Waals surface area contributed by atoms with Crippen LogP contribution in [-0.4, -0.2) is 54.3 Å². The molecule has 0 saturated heterocycles. The number of rotatable bonds is 8. The third-order valence-corrected chi connectivity index (χ3v) is 5.53. The molecule has 7 heteroatoms. The second-order valence-electron chi connectivity index (χ2n) is 4.10. The van der Waals surface area contributed by atoms with Gasteiger partial charge in [0.25, 0.3) is 0 Å². The molecule has 1 aromatic carbocycles. The summed E-state index contributed by atoms with van der Waals surface area (Å²) in [7, 11) is 5.09. The molecule has 0 bridgehead atoms. The fourth-order valence-corrected chi connectivity index (χ4v) is 3.37. The summed E-state index contributed by atoms with van der Waals surface area (Å²) in [6.45, 7) is 0.884. The quantitative estimate of drug-likeness (QED) is 0.578. The van der Waals surface area contributed by atoms with E-state index in [1.165, 1.54) is 0 Å². The zero-order valence-electron chi connectivity index (χ0n) is 13.1. The number of nitrogens with one attached hydrogen (secondary N) is 1. The van der Waals surface area contributed by atoms with E-state index in [9.17, 15) is 0 Å². The van der Waals surface area contributed by atoms with Gasteiger partial charge in [0.2, 0.25) is 0 Å². The Balaban J connectivity index is 0.00000110. The van der Waals surface area contributed by atoms with E-state index in [2.05, 4.69) is 9.74 Å². The highest BCUT2D eigenvalue weighted by Gasteiger charge is 2.36. The molecular weight excluding hydrogens is 290 g/mol. The summed E-state index contributed by atoms with van der Waals surface area (Å²) in [5.41, 5.74) is 1.13. The lowest BCUT2D eigenvalue weighted by Gasteiger charge is -2.24. The smallest absolute Gasteiger partial charge is 0.431 e. The molecule has 0 heterocycles. The highest BCUT2D eigenvalue weighted by Crippen LogP contribution is 2.15. The van der Waals surface area contributed by atoms with Gasteiger partial charge in [-0.15, -0.1) is 0 Å². The van der Waals surface area contributed by atoms with Crippen LogP contribution >= 0.6 is 0 Å². The minimum atomic E-state index is -2.40. The highest BCUT2D eigenvalue weighted by molar-refractivity contribution is 6.60. The van der Waals surface area contributed by atoms with E-state index < -0.39 is 8.80 Å². The van der Waals surface area contributed by atoms with Crippen LogP contribution in [0.5, 0.6) is 0 Å². The van der Waals surface area contributed by atoms with Crippen molar-refractivity contribution in [2.75, 3.05) is 40.3 Å². The van der Waals surface area contributed by atoms with E-state index in [0.717, 1.165) is 35.2 Å². The standard InChI is InChI=1S/C12H21NO3Si.CH6OSi/c1-14-17(15-2,16-3)11-7-10-13-12-8-5-4-6-9-12;1-2-3/h4-6,8-9,13H,7,10-11H2,1-3H3;1,3H3. The van der Waals surface area contributed by atoms with Crippen molar-refractivity contribution in [3.05, 3.63) is 30.3 Å². The second-order valence-corrected chi connectivity index (χ2v) is 8.01. The number of para-hydroxylation sites is 1. The molecule has 0 aliphatic heterocycles. The van der Waals surface area contributed by atoms with Gasteiger partial charge in [-0.05, 0) is 18.6 Å². The van der Waals surface area contributed by atoms with Crippen LogP contribution in [0, 0.1) is 0 Å². The van der Waals surface area contributed by atoms with Crippen LogP contribution in [0.4, 0.5) is 5.69 Å². The van der Waals surface area contributed by atoms with Gasteiger partial charge in [0.15, 0.2) is 0 Å². The topological polar surface area (TPSA) is 49.0 Å². The van der Waals surface area contributed by atoms with E-state index in [-0.39, 0.29) is 0 Å². The fourth-order valence-electron chi connectivity index (χ4n) is 1.65. The van der Waals surface area contributed by atoms with Crippen LogP contribution in [0.25, 0.3) is 0 Å². The first-order valence-electron chi connectivity index (χ1n) is 6.52. The van der Waals surface area contributed by atoms with Gasteiger partial charge < -0.3 is 23.0 Å². The first-order valence-corrected chi connectivity index (χ1v) is 9.27. The van der Waals surface area contributed by atoms with Crippen molar-refractivity contribution in [3.63, 3.8) is 0 Å². The van der Waals surface area contributed by atoms with E-state index in [0.29, 0.717) is 0 Å². The summed E-state index contributed by atoms with van der Waals surface area (Å²) in [5.74, 6) is 0. The molecule has 0 spiro atoms. The molecule has 1 N–H and O–H groups in total. The van der Waals surface area contributed by atoms with Crippen LogP contribution in [0.1, 0.15) is 6.42 Å². The zero-order chi connectivity index (χ0) is 15.3. The first-order chi connectivity index (χ1) is 9.67. The lowest BCUT2D eigenvalue weighted by molar-refractivity contribution is 0.123. The molecule has 1 aromatic rings. The van der Waals surface area contributed by atoms with Crippen LogP contribution < -0.4 is 5.32 Å². The maximum Gasteiger partial charge on any atom is 0.500 e. The zero-order valence-corrected chi connectivity index (χ0v) is 16.1. The van der Waals surface area contributed by atoms with Gasteiger partial charge in [-0.1, -0.05) is 18.2 Å². The van der Waals surface area contributed by atoms with E-state index in [1.807, 2.05) is 30.3 Å². The summed E-state index contributed by atoms with van der Waals surface area (Å²) in [5, 5.41) is 3.35. The molecular formula is C13H27NO4Si2. The Morgan fingerprint density at radius 1 is 1.00 bits per heavy atom. The summed E-state index contributed by atoms with van der Waals surface area (Å²) >= 11 is 0. The van der Waals surface area contributed by atoms with Crippen molar-refractivity contribution in [2.24, 2.45) is 0 Å². The van der Waals surface area contributed by atoms with E-state index in [1.54, 1.807) is 28.4 Å². The van der Waals surface area contributed by atoms with Crippen molar-refractivity contribution >= 4 is 25.0 Å². The van der Waals surface area contributed by atoms with Crippen LogP contribution in [-0.2, 0) is 17.7 Å². The molecule has 0 aliphatic carbocycles. The van der Waals surface area contributed by atoms with Gasteiger partial charge in [-0.25, -0.2) is 0 Å². The Kier molecular flexibility index (Phi) is 11.6. The van der Waals surface area contributed by atoms with Gasteiger partial charge in [-0.2, -0.15) is 0 Å². The molecule has 0 radical (unpaired) electrons. The van der Waals surface area contributed by atoms with Crippen molar-refractivity contribution < 1.29 is 17.7 Å². The molecule has 0 aromatic heterocycles. The molecule has 0 atom stereocenters. The number of anilines is 1. The van der Waals surface area contributed by atoms with Gasteiger partial charge in [0.05, 0.1) is 0 Å². The molecule has 0 fully saturated rings. The molecule has 0 aliphatic rings. The third-order valence-electron chi connectivity index (χ3n) is 2.70. The van der Waals surface area contributed by atoms with Crippen LogP contribution in [0.3, 0.4) is 0 Å². The summed E-state index contributed by atoms with van der Waals surface area (Å²) < 4.78 is 20.5. The molecule has 20 heavy (non-hydrogen) atoms. The third kappa shape index (κ3) is 7.78. The lowest BCUT2D eigenvalue weighted by atomic mass is 10.3. The highest BCUT2D eigenvalue weighted by atomic mass is 28.4. The van der Waals surface area contributed by atoms with Crippen LogP contribution in [0.2, 0.25) is 6.04 Å². The SMILES string of the molecule is CO[SiH3].CO[Si](CCCNc1ccccc1)(OC)OC. The fraction of sp³-hybridized carbons (Fsp3) is 0.538. The minimum absolute atomic E-state index is 0.816. The Labute approximate surface area is 126 Å². The second kappa shape index (κ2) is 12.1. The Hall–Kier alpha value is -0.706. The van der Waals surface area contributed by atoms with Crippen LogP contribution in [0.15, 0.2) is 30.3 Å². The summed E-state index contributed by atoms with van der Waals surface area (Å²) in [4.78, 5) is 0. The van der Waals surface area contributed by atoms with Gasteiger partial charge in [0.1, 0.15) is 10.5 Å². The maximum absolute atomic E-state index is 5.36. The molecule has 0 amide bonds. The lowest BCUT2D eigenvalue weighted by Crippen LogP contribution is -2.42. The summed E-state index contributed by atoms with van der Waals surface area (Å²) in [6.07, 6.45) is 0.955. The first kappa shape index (κ1) is 19.3. The molecule has 1 rings (SSSR count). The molecule has 0 unspecified atom stereocenters. The molecule has 0 saturated carbocycles. The monoisotopic (exact) mass is 317 g/mol. The molecule has 116 valence electrons. The van der Waals surface area contributed by atoms with Crippen molar-refractivity contribution in [3.8, 4) is 0 Å². The van der Waals surface area contributed by atoms with Gasteiger partial charge in [0, 0.05) is 46.7 Å². The van der Waals surface area contributed by atoms with Gasteiger partial charge in [-0.3, -0.25) is 0 Å². The maximum atomic E-state index is 5.36. The van der Waals surface area contributed by atoms with E-state index in [4.69, 9.17) is 13.3 Å². The predicted octanol–water partition coefficient (Wildman–Crippen LogP) is 1.28. The Morgan fingerprint density at radius 2 is 1.50 bits per heavy atom. The summed E-state index contributed by atoms with van der Waals surface area (Å²) in [6, 6.07) is 10.9. The average molecular weight is 318 g/mol.